The molecule has 1 heterocycles. The van der Waals surface area contributed by atoms with E-state index < -0.39 is 34.4 Å². The van der Waals surface area contributed by atoms with Crippen LogP contribution < -0.4 is 4.72 Å². The van der Waals surface area contributed by atoms with Crippen LogP contribution in [0.4, 0.5) is 4.79 Å². The van der Waals surface area contributed by atoms with Gasteiger partial charge >= 0.3 is 22.3 Å². The zero-order valence-corrected chi connectivity index (χ0v) is 12.6. The molecule has 116 valence electrons. The third kappa shape index (κ3) is 4.34. The maximum Gasteiger partial charge on any atom is 0.422 e. The Morgan fingerprint density at radius 1 is 1.40 bits per heavy atom. The Morgan fingerprint density at radius 2 is 2.05 bits per heavy atom. The summed E-state index contributed by atoms with van der Waals surface area (Å²) in [6.45, 7) is 5.18. The number of esters is 1. The van der Waals surface area contributed by atoms with Crippen molar-refractivity contribution in [3.63, 3.8) is 0 Å². The van der Waals surface area contributed by atoms with Crippen LogP contribution in [0, 0.1) is 0 Å². The van der Waals surface area contributed by atoms with Crippen LogP contribution >= 0.6 is 0 Å². The van der Waals surface area contributed by atoms with Crippen LogP contribution in [0.5, 0.6) is 0 Å². The van der Waals surface area contributed by atoms with Crippen molar-refractivity contribution in [2.45, 2.75) is 45.8 Å². The monoisotopic (exact) mass is 308 g/mol. The van der Waals surface area contributed by atoms with Crippen molar-refractivity contribution in [2.24, 2.45) is 0 Å². The van der Waals surface area contributed by atoms with Crippen LogP contribution in [0.25, 0.3) is 0 Å². The zero-order valence-electron chi connectivity index (χ0n) is 11.8. The number of nitrogens with zero attached hydrogens (tertiary/aromatic N) is 1. The van der Waals surface area contributed by atoms with E-state index in [2.05, 4.69) is 0 Å². The van der Waals surface area contributed by atoms with Gasteiger partial charge in [-0.15, -0.1) is 0 Å². The highest BCUT2D eigenvalue weighted by Gasteiger charge is 2.40. The molecule has 0 saturated carbocycles. The van der Waals surface area contributed by atoms with Crippen molar-refractivity contribution in [2.75, 3.05) is 13.2 Å². The van der Waals surface area contributed by atoms with Crippen molar-refractivity contribution in [3.05, 3.63) is 0 Å². The first-order valence-electron chi connectivity index (χ1n) is 6.44. The summed E-state index contributed by atoms with van der Waals surface area (Å²) in [5.41, 5.74) is 0. The summed E-state index contributed by atoms with van der Waals surface area (Å²) in [5, 5.41) is 0. The molecule has 0 aliphatic carbocycles. The standard InChI is InChI=1S/C11H20N2O6S/c1-4-18-10(14)9-6-5-7-13(9)20(16,17)12-11(15)19-8(2)3/h8-9H,4-7H2,1-3H3,(H,12,15). The maximum atomic E-state index is 12.1. The van der Waals surface area contributed by atoms with Gasteiger partial charge in [-0.2, -0.15) is 12.7 Å². The number of hydrogen-bond donors (Lipinski definition) is 1. The molecule has 20 heavy (non-hydrogen) atoms. The van der Waals surface area contributed by atoms with Gasteiger partial charge in [0.25, 0.3) is 0 Å². The van der Waals surface area contributed by atoms with Crippen molar-refractivity contribution < 1.29 is 27.5 Å². The largest absolute Gasteiger partial charge is 0.465 e. The molecule has 0 bridgehead atoms. The van der Waals surface area contributed by atoms with Gasteiger partial charge in [-0.3, -0.25) is 4.79 Å². The summed E-state index contributed by atoms with van der Waals surface area (Å²) >= 11 is 0. The summed E-state index contributed by atoms with van der Waals surface area (Å²) in [6.07, 6.45) is -0.595. The van der Waals surface area contributed by atoms with E-state index in [1.165, 1.54) is 0 Å². The fourth-order valence-electron chi connectivity index (χ4n) is 1.90. The van der Waals surface area contributed by atoms with E-state index >= 15 is 0 Å². The summed E-state index contributed by atoms with van der Waals surface area (Å²) < 4.78 is 36.4. The lowest BCUT2D eigenvalue weighted by molar-refractivity contribution is -0.146. The fraction of sp³-hybridized carbons (Fsp3) is 0.818. The van der Waals surface area contributed by atoms with Crippen molar-refractivity contribution in [1.82, 2.24) is 9.03 Å². The van der Waals surface area contributed by atoms with Crippen molar-refractivity contribution >= 4 is 22.3 Å². The molecule has 0 aromatic rings. The molecule has 1 atom stereocenters. The van der Waals surface area contributed by atoms with E-state index in [4.69, 9.17) is 9.47 Å². The molecule has 1 rings (SSSR count). The number of nitrogens with one attached hydrogen (secondary N) is 1. The SMILES string of the molecule is CCOC(=O)C1CCCN1S(=O)(=O)NC(=O)OC(C)C. The highest BCUT2D eigenvalue weighted by Crippen LogP contribution is 2.21. The molecular formula is C11H20N2O6S. The fourth-order valence-corrected chi connectivity index (χ4v) is 3.18. The maximum absolute atomic E-state index is 12.1. The number of rotatable bonds is 5. The summed E-state index contributed by atoms with van der Waals surface area (Å²) in [5.74, 6) is -0.604. The lowest BCUT2D eigenvalue weighted by atomic mass is 10.2. The predicted octanol–water partition coefficient (Wildman–Crippen LogP) is 0.393. The number of hydrogen-bond acceptors (Lipinski definition) is 6. The lowest BCUT2D eigenvalue weighted by Gasteiger charge is -2.22. The van der Waals surface area contributed by atoms with Crippen LogP contribution in [-0.4, -0.2) is 50.1 Å². The quantitative estimate of drug-likeness (QED) is 0.737. The molecule has 1 fully saturated rings. The smallest absolute Gasteiger partial charge is 0.422 e. The summed E-state index contributed by atoms with van der Waals surface area (Å²) in [6, 6.07) is -0.890. The minimum Gasteiger partial charge on any atom is -0.465 e. The molecule has 1 N–H and O–H groups in total. The molecule has 1 saturated heterocycles. The Bertz CT molecular complexity index is 462. The molecule has 0 aromatic carbocycles. The predicted molar refractivity (Wildman–Crippen MR) is 70.0 cm³/mol. The number of carbonyl (C=O) groups is 2. The molecule has 1 aliphatic heterocycles. The van der Waals surface area contributed by atoms with Gasteiger partial charge in [0.05, 0.1) is 12.7 Å². The number of ether oxygens (including phenoxy) is 2. The minimum atomic E-state index is -4.11. The number of amides is 1. The Balaban J connectivity index is 2.75. The summed E-state index contributed by atoms with van der Waals surface area (Å²) in [7, 11) is -4.11. The topological polar surface area (TPSA) is 102 Å². The third-order valence-corrected chi connectivity index (χ3v) is 4.11. The molecule has 9 heteroatoms. The minimum absolute atomic E-state index is 0.160. The van der Waals surface area contributed by atoms with E-state index in [1.807, 2.05) is 0 Å². The molecule has 1 amide bonds. The zero-order chi connectivity index (χ0) is 15.3. The lowest BCUT2D eigenvalue weighted by Crippen LogP contribution is -2.49. The third-order valence-electron chi connectivity index (χ3n) is 2.63. The van der Waals surface area contributed by atoms with Crippen molar-refractivity contribution in [3.8, 4) is 0 Å². The van der Waals surface area contributed by atoms with Gasteiger partial charge in [-0.05, 0) is 33.6 Å². The Morgan fingerprint density at radius 3 is 2.60 bits per heavy atom. The highest BCUT2D eigenvalue weighted by atomic mass is 32.2. The second-order valence-electron chi connectivity index (χ2n) is 4.58. The molecule has 1 unspecified atom stereocenters. The van der Waals surface area contributed by atoms with E-state index in [1.54, 1.807) is 25.5 Å². The average molecular weight is 308 g/mol. The van der Waals surface area contributed by atoms with Crippen LogP contribution in [0.1, 0.15) is 33.6 Å². The Labute approximate surface area is 118 Å². The molecule has 0 aromatic heterocycles. The van der Waals surface area contributed by atoms with Crippen LogP contribution in [0.2, 0.25) is 0 Å². The Kier molecular flexibility index (Phi) is 5.75. The normalized spacial score (nSPS) is 19.9. The summed E-state index contributed by atoms with van der Waals surface area (Å²) in [4.78, 5) is 23.1. The highest BCUT2D eigenvalue weighted by molar-refractivity contribution is 7.87. The second-order valence-corrected chi connectivity index (χ2v) is 6.21. The van der Waals surface area contributed by atoms with Gasteiger partial charge in [0.2, 0.25) is 0 Å². The molecule has 1 aliphatic rings. The van der Waals surface area contributed by atoms with Gasteiger partial charge in [0.15, 0.2) is 0 Å². The van der Waals surface area contributed by atoms with Gasteiger partial charge in [0.1, 0.15) is 6.04 Å². The molecule has 8 nitrogen and oxygen atoms in total. The van der Waals surface area contributed by atoms with E-state index in [-0.39, 0.29) is 13.2 Å². The average Bonchev–Trinajstić information content (AvgIpc) is 2.76. The second kappa shape index (κ2) is 6.89. The van der Waals surface area contributed by atoms with Crippen LogP contribution in [-0.2, 0) is 24.5 Å². The Hall–Kier alpha value is -1.35. The first-order chi connectivity index (χ1) is 9.27. The number of carbonyl (C=O) groups excluding carboxylic acids is 2. The van der Waals surface area contributed by atoms with Crippen LogP contribution in [0.15, 0.2) is 0 Å². The molecular weight excluding hydrogens is 288 g/mol. The van der Waals surface area contributed by atoms with E-state index in [9.17, 15) is 18.0 Å². The van der Waals surface area contributed by atoms with Crippen molar-refractivity contribution in [1.29, 1.82) is 0 Å². The van der Waals surface area contributed by atoms with Gasteiger partial charge in [-0.1, -0.05) is 0 Å². The van der Waals surface area contributed by atoms with Gasteiger partial charge in [0, 0.05) is 6.54 Å². The first kappa shape index (κ1) is 16.7. The van der Waals surface area contributed by atoms with Crippen LogP contribution in [0.3, 0.4) is 0 Å². The molecule has 0 spiro atoms. The molecule has 0 radical (unpaired) electrons. The first-order valence-corrected chi connectivity index (χ1v) is 7.88. The van der Waals surface area contributed by atoms with Gasteiger partial charge in [-0.25, -0.2) is 9.52 Å². The van der Waals surface area contributed by atoms with E-state index in [0.717, 1.165) is 4.31 Å². The van der Waals surface area contributed by atoms with Gasteiger partial charge < -0.3 is 9.47 Å². The van der Waals surface area contributed by atoms with E-state index in [0.29, 0.717) is 12.8 Å².